The number of phenols is 1. The van der Waals surface area contributed by atoms with Gasteiger partial charge in [0, 0.05) is 0 Å². The number of hydrogen-bond donors (Lipinski definition) is 1. The van der Waals surface area contributed by atoms with E-state index in [-0.39, 0.29) is 18.1 Å². The Morgan fingerprint density at radius 2 is 2.12 bits per heavy atom. The van der Waals surface area contributed by atoms with Gasteiger partial charge in [-0.3, -0.25) is 4.79 Å². The molecule has 0 saturated carbocycles. The smallest absolute Gasteiger partial charge is 0.310 e. The second-order valence-corrected chi connectivity index (χ2v) is 4.08. The maximum Gasteiger partial charge on any atom is 0.310 e. The predicted molar refractivity (Wildman–Crippen MR) is 67.0 cm³/mol. The quantitative estimate of drug-likeness (QED) is 0.629. The number of benzene rings is 1. The molecule has 0 radical (unpaired) electrons. The molecule has 1 rings (SSSR count). The summed E-state index contributed by atoms with van der Waals surface area (Å²) in [5.41, 5.74) is 2.60. The molecule has 0 atom stereocenters. The van der Waals surface area contributed by atoms with E-state index in [9.17, 15) is 9.90 Å². The standard InChI is InChI=1S/C14H18O3/c1-4-17-14(16)9-11-5-6-13(15)12(8-11)7-10(2)3/h5-6,8,15H,2,4,7,9H2,1,3H3. The summed E-state index contributed by atoms with van der Waals surface area (Å²) < 4.78 is 4.88. The molecule has 0 saturated heterocycles. The number of carbonyl (C=O) groups is 1. The molecule has 1 N–H and O–H groups in total. The lowest BCUT2D eigenvalue weighted by atomic mass is 10.0. The molecular weight excluding hydrogens is 216 g/mol. The second-order valence-electron chi connectivity index (χ2n) is 4.08. The van der Waals surface area contributed by atoms with Gasteiger partial charge in [0.25, 0.3) is 0 Å². The monoisotopic (exact) mass is 234 g/mol. The lowest BCUT2D eigenvalue weighted by Crippen LogP contribution is -2.07. The lowest BCUT2D eigenvalue weighted by molar-refractivity contribution is -0.142. The van der Waals surface area contributed by atoms with Crippen molar-refractivity contribution in [2.24, 2.45) is 0 Å². The molecule has 0 amide bonds. The van der Waals surface area contributed by atoms with Crippen molar-refractivity contribution in [2.45, 2.75) is 26.7 Å². The lowest BCUT2D eigenvalue weighted by Gasteiger charge is -2.07. The van der Waals surface area contributed by atoms with E-state index in [1.54, 1.807) is 19.1 Å². The Balaban J connectivity index is 2.81. The first-order chi connectivity index (χ1) is 8.02. The van der Waals surface area contributed by atoms with Crippen LogP contribution in [0.1, 0.15) is 25.0 Å². The molecule has 0 heterocycles. The van der Waals surface area contributed by atoms with Gasteiger partial charge in [0.15, 0.2) is 0 Å². The Hall–Kier alpha value is -1.77. The van der Waals surface area contributed by atoms with Gasteiger partial charge in [-0.2, -0.15) is 0 Å². The van der Waals surface area contributed by atoms with Gasteiger partial charge in [-0.25, -0.2) is 0 Å². The number of phenolic OH excluding ortho intramolecular Hbond substituents is 1. The van der Waals surface area contributed by atoms with Crippen molar-refractivity contribution < 1.29 is 14.6 Å². The van der Waals surface area contributed by atoms with Crippen molar-refractivity contribution >= 4 is 5.97 Å². The molecule has 3 nitrogen and oxygen atoms in total. The van der Waals surface area contributed by atoms with E-state index < -0.39 is 0 Å². The molecule has 0 bridgehead atoms. The van der Waals surface area contributed by atoms with Crippen LogP contribution in [0.25, 0.3) is 0 Å². The SMILES string of the molecule is C=C(C)Cc1cc(CC(=O)OCC)ccc1O. The van der Waals surface area contributed by atoms with E-state index in [4.69, 9.17) is 4.74 Å². The predicted octanol–water partition coefficient (Wildman–Crippen LogP) is 2.62. The number of ether oxygens (including phenoxy) is 1. The van der Waals surface area contributed by atoms with Gasteiger partial charge in [-0.05, 0) is 37.5 Å². The highest BCUT2D eigenvalue weighted by atomic mass is 16.5. The van der Waals surface area contributed by atoms with Crippen LogP contribution in [0.4, 0.5) is 0 Å². The van der Waals surface area contributed by atoms with Crippen LogP contribution in [-0.2, 0) is 22.4 Å². The van der Waals surface area contributed by atoms with Crippen LogP contribution in [0.3, 0.4) is 0 Å². The highest BCUT2D eigenvalue weighted by Gasteiger charge is 2.07. The van der Waals surface area contributed by atoms with E-state index in [0.29, 0.717) is 13.0 Å². The fourth-order valence-corrected chi connectivity index (χ4v) is 1.59. The number of aromatic hydroxyl groups is 1. The van der Waals surface area contributed by atoms with Gasteiger partial charge < -0.3 is 9.84 Å². The minimum atomic E-state index is -0.250. The molecule has 0 aromatic heterocycles. The van der Waals surface area contributed by atoms with E-state index in [0.717, 1.165) is 16.7 Å². The maximum absolute atomic E-state index is 11.3. The Labute approximate surface area is 102 Å². The number of carbonyl (C=O) groups excluding carboxylic acids is 1. The van der Waals surface area contributed by atoms with Crippen LogP contribution in [0.5, 0.6) is 5.75 Å². The molecule has 0 spiro atoms. The minimum Gasteiger partial charge on any atom is -0.508 e. The van der Waals surface area contributed by atoms with Gasteiger partial charge in [0.1, 0.15) is 5.75 Å². The van der Waals surface area contributed by atoms with E-state index in [1.807, 2.05) is 13.0 Å². The molecule has 0 fully saturated rings. The van der Waals surface area contributed by atoms with Crippen molar-refractivity contribution in [3.05, 3.63) is 41.5 Å². The zero-order valence-electron chi connectivity index (χ0n) is 10.3. The summed E-state index contributed by atoms with van der Waals surface area (Å²) in [5.74, 6) is -0.0138. The zero-order chi connectivity index (χ0) is 12.8. The fraction of sp³-hybridized carbons (Fsp3) is 0.357. The van der Waals surface area contributed by atoms with Crippen LogP contribution in [0, 0.1) is 0 Å². The Morgan fingerprint density at radius 1 is 1.41 bits per heavy atom. The van der Waals surface area contributed by atoms with Gasteiger partial charge in [-0.15, -0.1) is 0 Å². The molecule has 3 heteroatoms. The third kappa shape index (κ3) is 4.31. The van der Waals surface area contributed by atoms with Gasteiger partial charge in [0.05, 0.1) is 13.0 Å². The summed E-state index contributed by atoms with van der Waals surface area (Å²) >= 11 is 0. The maximum atomic E-state index is 11.3. The average molecular weight is 234 g/mol. The minimum absolute atomic E-state index is 0.233. The highest BCUT2D eigenvalue weighted by molar-refractivity contribution is 5.72. The molecule has 1 aromatic carbocycles. The first-order valence-electron chi connectivity index (χ1n) is 5.63. The molecule has 1 aromatic rings. The van der Waals surface area contributed by atoms with E-state index >= 15 is 0 Å². The molecular formula is C14H18O3. The van der Waals surface area contributed by atoms with Crippen LogP contribution < -0.4 is 0 Å². The second kappa shape index (κ2) is 6.09. The number of rotatable bonds is 5. The molecule has 0 aliphatic heterocycles. The third-order valence-corrected chi connectivity index (χ3v) is 2.29. The van der Waals surface area contributed by atoms with Crippen molar-refractivity contribution in [1.29, 1.82) is 0 Å². The van der Waals surface area contributed by atoms with Gasteiger partial charge in [0.2, 0.25) is 0 Å². The molecule has 17 heavy (non-hydrogen) atoms. The Kier molecular flexibility index (Phi) is 4.76. The molecule has 0 aliphatic carbocycles. The third-order valence-electron chi connectivity index (χ3n) is 2.29. The fourth-order valence-electron chi connectivity index (χ4n) is 1.59. The van der Waals surface area contributed by atoms with Crippen molar-refractivity contribution in [1.82, 2.24) is 0 Å². The van der Waals surface area contributed by atoms with Crippen LogP contribution in [0.15, 0.2) is 30.4 Å². The largest absolute Gasteiger partial charge is 0.508 e. The highest BCUT2D eigenvalue weighted by Crippen LogP contribution is 2.21. The topological polar surface area (TPSA) is 46.5 Å². The van der Waals surface area contributed by atoms with Crippen molar-refractivity contribution in [3.63, 3.8) is 0 Å². The number of allylic oxidation sites excluding steroid dienone is 1. The van der Waals surface area contributed by atoms with Gasteiger partial charge in [-0.1, -0.05) is 24.3 Å². The van der Waals surface area contributed by atoms with E-state index in [1.165, 1.54) is 0 Å². The van der Waals surface area contributed by atoms with Gasteiger partial charge >= 0.3 is 5.97 Å². The van der Waals surface area contributed by atoms with Crippen molar-refractivity contribution in [3.8, 4) is 5.75 Å². The first-order valence-corrected chi connectivity index (χ1v) is 5.63. The Bertz CT molecular complexity index is 421. The average Bonchev–Trinajstić information content (AvgIpc) is 2.22. The van der Waals surface area contributed by atoms with E-state index in [2.05, 4.69) is 6.58 Å². The summed E-state index contributed by atoms with van der Waals surface area (Å²) in [4.78, 5) is 11.3. The molecule has 92 valence electrons. The molecule has 0 aliphatic rings. The number of esters is 1. The summed E-state index contributed by atoms with van der Waals surface area (Å²) in [6.45, 7) is 7.87. The van der Waals surface area contributed by atoms with Crippen LogP contribution in [0.2, 0.25) is 0 Å². The summed E-state index contributed by atoms with van der Waals surface area (Å²) in [6.07, 6.45) is 0.847. The van der Waals surface area contributed by atoms with Crippen LogP contribution >= 0.6 is 0 Å². The zero-order valence-corrected chi connectivity index (χ0v) is 10.3. The number of hydrogen-bond acceptors (Lipinski definition) is 3. The van der Waals surface area contributed by atoms with Crippen LogP contribution in [-0.4, -0.2) is 17.7 Å². The Morgan fingerprint density at radius 3 is 2.71 bits per heavy atom. The summed E-state index contributed by atoms with van der Waals surface area (Å²) in [7, 11) is 0. The first kappa shape index (κ1) is 13.3. The van der Waals surface area contributed by atoms with Crippen molar-refractivity contribution in [2.75, 3.05) is 6.61 Å². The molecule has 0 unspecified atom stereocenters. The summed E-state index contributed by atoms with van der Waals surface area (Å²) in [6, 6.07) is 5.15. The normalized spacial score (nSPS) is 10.0. The summed E-state index contributed by atoms with van der Waals surface area (Å²) in [5, 5.41) is 9.66.